The maximum atomic E-state index is 13.2. The van der Waals surface area contributed by atoms with Crippen molar-refractivity contribution in [2.75, 3.05) is 19.6 Å². The smallest absolute Gasteiger partial charge is 0.242 e. The lowest BCUT2D eigenvalue weighted by Crippen LogP contribution is -2.45. The number of aryl methyl sites for hydroxylation is 2. The van der Waals surface area contributed by atoms with E-state index in [-0.39, 0.29) is 18.4 Å². The summed E-state index contributed by atoms with van der Waals surface area (Å²) < 4.78 is 2.04. The summed E-state index contributed by atoms with van der Waals surface area (Å²) in [6, 6.07) is 14.1. The quantitative estimate of drug-likeness (QED) is 0.558. The zero-order valence-corrected chi connectivity index (χ0v) is 19.2. The number of carbonyl (C=O) groups excluding carboxylic acids is 2. The Bertz CT molecular complexity index is 796. The Morgan fingerprint density at radius 1 is 0.867 bits per heavy atom. The Kier molecular flexibility index (Phi) is 9.15. The number of benzene rings is 1. The number of hydrogen-bond acceptors (Lipinski definition) is 2. The summed E-state index contributed by atoms with van der Waals surface area (Å²) in [6.07, 6.45) is 3.11. The molecule has 1 heterocycles. The molecule has 2 rings (SSSR count). The van der Waals surface area contributed by atoms with Crippen LogP contribution < -0.4 is 0 Å². The summed E-state index contributed by atoms with van der Waals surface area (Å²) in [4.78, 5) is 29.8. The first kappa shape index (κ1) is 23.7. The molecule has 0 unspecified atom stereocenters. The molecule has 0 saturated heterocycles. The van der Waals surface area contributed by atoms with Crippen molar-refractivity contribution >= 4 is 11.8 Å². The molecular weight excluding hydrogens is 374 g/mol. The first-order valence-electron chi connectivity index (χ1n) is 11.0. The lowest BCUT2D eigenvalue weighted by atomic mass is 10.1. The zero-order valence-electron chi connectivity index (χ0n) is 19.2. The van der Waals surface area contributed by atoms with Crippen LogP contribution in [-0.2, 0) is 29.6 Å². The van der Waals surface area contributed by atoms with Crippen molar-refractivity contribution < 1.29 is 9.59 Å². The van der Waals surface area contributed by atoms with Gasteiger partial charge in [-0.25, -0.2) is 0 Å². The van der Waals surface area contributed by atoms with Gasteiger partial charge in [-0.1, -0.05) is 58.0 Å². The van der Waals surface area contributed by atoms with Crippen LogP contribution in [0.1, 0.15) is 45.4 Å². The van der Waals surface area contributed by atoms with Gasteiger partial charge in [0.25, 0.3) is 0 Å². The number of carbonyl (C=O) groups is 2. The van der Waals surface area contributed by atoms with E-state index in [4.69, 9.17) is 0 Å². The van der Waals surface area contributed by atoms with E-state index in [0.717, 1.165) is 11.3 Å². The number of nitrogens with zero attached hydrogens (tertiary/aromatic N) is 3. The number of amides is 2. The topological polar surface area (TPSA) is 45.6 Å². The summed E-state index contributed by atoms with van der Waals surface area (Å²) in [7, 11) is 1.99. The molecule has 5 heteroatoms. The summed E-state index contributed by atoms with van der Waals surface area (Å²) >= 11 is 0. The largest absolute Gasteiger partial charge is 0.353 e. The average Bonchev–Trinajstić information content (AvgIpc) is 3.09. The highest BCUT2D eigenvalue weighted by Crippen LogP contribution is 2.12. The van der Waals surface area contributed by atoms with Crippen molar-refractivity contribution in [3.8, 4) is 0 Å². The predicted molar refractivity (Wildman–Crippen MR) is 122 cm³/mol. The van der Waals surface area contributed by atoms with Crippen molar-refractivity contribution in [1.82, 2.24) is 14.4 Å². The van der Waals surface area contributed by atoms with Gasteiger partial charge < -0.3 is 14.4 Å². The van der Waals surface area contributed by atoms with Crippen LogP contribution >= 0.6 is 0 Å². The molecule has 1 aromatic carbocycles. The van der Waals surface area contributed by atoms with Crippen molar-refractivity contribution in [3.63, 3.8) is 0 Å². The molecule has 30 heavy (non-hydrogen) atoms. The van der Waals surface area contributed by atoms with Gasteiger partial charge in [-0.15, -0.1) is 0 Å². The summed E-state index contributed by atoms with van der Waals surface area (Å²) in [5.41, 5.74) is 2.24. The third-order valence-electron chi connectivity index (χ3n) is 5.08. The Balaban J connectivity index is 2.06. The van der Waals surface area contributed by atoms with E-state index in [0.29, 0.717) is 44.3 Å². The predicted octanol–water partition coefficient (Wildman–Crippen LogP) is 4.13. The molecule has 0 aliphatic carbocycles. The molecule has 0 N–H and O–H groups in total. The fourth-order valence-electron chi connectivity index (χ4n) is 3.56. The first-order valence-corrected chi connectivity index (χ1v) is 11.0. The number of rotatable bonds is 11. The minimum Gasteiger partial charge on any atom is -0.353 e. The van der Waals surface area contributed by atoms with Crippen molar-refractivity contribution in [3.05, 3.63) is 59.9 Å². The van der Waals surface area contributed by atoms with Gasteiger partial charge in [-0.05, 0) is 36.0 Å². The third kappa shape index (κ3) is 7.69. The van der Waals surface area contributed by atoms with Crippen LogP contribution in [0.5, 0.6) is 0 Å². The van der Waals surface area contributed by atoms with Gasteiger partial charge in [0, 0.05) is 38.4 Å². The van der Waals surface area contributed by atoms with E-state index in [2.05, 4.69) is 27.7 Å². The SMILES string of the molecule is CC(C)CN(CC(=O)N(Cc1cccn1C)CC(C)C)C(=O)CCc1ccccc1. The molecule has 2 aromatic rings. The summed E-state index contributed by atoms with van der Waals surface area (Å²) in [5.74, 6) is 0.731. The molecule has 0 aliphatic heterocycles. The lowest BCUT2D eigenvalue weighted by molar-refractivity contribution is -0.141. The van der Waals surface area contributed by atoms with E-state index in [9.17, 15) is 9.59 Å². The maximum Gasteiger partial charge on any atom is 0.242 e. The Hall–Kier alpha value is -2.56. The van der Waals surface area contributed by atoms with Crippen molar-refractivity contribution in [1.29, 1.82) is 0 Å². The van der Waals surface area contributed by atoms with Crippen LogP contribution in [0.25, 0.3) is 0 Å². The molecule has 164 valence electrons. The van der Waals surface area contributed by atoms with Crippen molar-refractivity contribution in [2.24, 2.45) is 18.9 Å². The van der Waals surface area contributed by atoms with E-state index in [1.807, 2.05) is 65.2 Å². The molecular formula is C25H37N3O2. The second-order valence-corrected chi connectivity index (χ2v) is 8.93. The van der Waals surface area contributed by atoms with Crippen molar-refractivity contribution in [2.45, 2.75) is 47.1 Å². The highest BCUT2D eigenvalue weighted by Gasteiger charge is 2.23. The second kappa shape index (κ2) is 11.6. The van der Waals surface area contributed by atoms with Gasteiger partial charge >= 0.3 is 0 Å². The summed E-state index contributed by atoms with van der Waals surface area (Å²) in [5, 5.41) is 0. The van der Waals surface area contributed by atoms with Crippen LogP contribution in [0.4, 0.5) is 0 Å². The molecule has 1 aromatic heterocycles. The third-order valence-corrected chi connectivity index (χ3v) is 5.08. The van der Waals surface area contributed by atoms with Crippen LogP contribution in [0.15, 0.2) is 48.7 Å². The lowest BCUT2D eigenvalue weighted by Gasteiger charge is -2.30. The minimum absolute atomic E-state index is 0.0126. The molecule has 0 spiro atoms. The second-order valence-electron chi connectivity index (χ2n) is 8.93. The highest BCUT2D eigenvalue weighted by atomic mass is 16.2. The van der Waals surface area contributed by atoms with Gasteiger partial charge in [0.15, 0.2) is 0 Å². The van der Waals surface area contributed by atoms with Gasteiger partial charge in [0.1, 0.15) is 0 Å². The maximum absolute atomic E-state index is 13.2. The molecule has 0 radical (unpaired) electrons. The summed E-state index contributed by atoms with van der Waals surface area (Å²) in [6.45, 7) is 10.4. The van der Waals surface area contributed by atoms with Gasteiger partial charge in [-0.2, -0.15) is 0 Å². The van der Waals surface area contributed by atoms with Crippen LogP contribution in [0.2, 0.25) is 0 Å². The van der Waals surface area contributed by atoms with Crippen LogP contribution in [0.3, 0.4) is 0 Å². The van der Waals surface area contributed by atoms with E-state index in [1.165, 1.54) is 0 Å². The number of hydrogen-bond donors (Lipinski definition) is 0. The van der Waals surface area contributed by atoms with E-state index in [1.54, 1.807) is 4.90 Å². The van der Waals surface area contributed by atoms with Gasteiger partial charge in [0.05, 0.1) is 13.1 Å². The van der Waals surface area contributed by atoms with E-state index < -0.39 is 0 Å². The normalized spacial score (nSPS) is 11.2. The molecule has 0 aliphatic rings. The average molecular weight is 412 g/mol. The fourth-order valence-corrected chi connectivity index (χ4v) is 3.56. The molecule has 2 amide bonds. The van der Waals surface area contributed by atoms with Gasteiger partial charge in [0.2, 0.25) is 11.8 Å². The Morgan fingerprint density at radius 3 is 2.07 bits per heavy atom. The Morgan fingerprint density at radius 2 is 1.50 bits per heavy atom. The number of aromatic nitrogens is 1. The molecule has 0 fully saturated rings. The zero-order chi connectivity index (χ0) is 22.1. The standard InChI is InChI=1S/C25H37N3O2/c1-20(2)16-27(18-23-12-9-15-26(23)5)25(30)19-28(17-21(3)4)24(29)14-13-22-10-7-6-8-11-22/h6-12,15,20-21H,13-14,16-19H2,1-5H3. The molecule has 0 saturated carbocycles. The van der Waals surface area contributed by atoms with Gasteiger partial charge in [-0.3, -0.25) is 9.59 Å². The van der Waals surface area contributed by atoms with Crippen LogP contribution in [0, 0.1) is 11.8 Å². The first-order chi connectivity index (χ1) is 14.3. The molecule has 5 nitrogen and oxygen atoms in total. The monoisotopic (exact) mass is 411 g/mol. The van der Waals surface area contributed by atoms with Crippen LogP contribution in [-0.4, -0.2) is 45.8 Å². The van der Waals surface area contributed by atoms with E-state index >= 15 is 0 Å². The Labute approximate surface area is 181 Å². The molecule has 0 atom stereocenters. The fraction of sp³-hybridized carbons (Fsp3) is 0.520. The molecule has 0 bridgehead atoms. The highest BCUT2D eigenvalue weighted by molar-refractivity contribution is 5.85. The minimum atomic E-state index is 0.0126.